The van der Waals surface area contributed by atoms with Crippen LogP contribution in [0.4, 0.5) is 0 Å². The van der Waals surface area contributed by atoms with Gasteiger partial charge in [0.1, 0.15) is 18.3 Å². The smallest absolute Gasteiger partial charge is 0.209 e. The number of hydrogen-bond acceptors (Lipinski definition) is 5. The van der Waals surface area contributed by atoms with Crippen LogP contribution >= 0.6 is 0 Å². The summed E-state index contributed by atoms with van der Waals surface area (Å²) in [5.41, 5.74) is -1.92. The zero-order chi connectivity index (χ0) is 10.1. The molecule has 1 aliphatic rings. The molecule has 0 aromatic heterocycles. The first-order valence-corrected chi connectivity index (χ1v) is 3.94. The van der Waals surface area contributed by atoms with Crippen LogP contribution < -0.4 is 5.32 Å². The van der Waals surface area contributed by atoms with Crippen molar-refractivity contribution in [1.82, 2.24) is 5.32 Å². The molecule has 0 radical (unpaired) electrons. The lowest BCUT2D eigenvalue weighted by molar-refractivity contribution is -0.247. The van der Waals surface area contributed by atoms with Crippen molar-refractivity contribution in [3.05, 3.63) is 0 Å². The van der Waals surface area contributed by atoms with E-state index in [0.29, 0.717) is 0 Å². The molecule has 13 heavy (non-hydrogen) atoms. The Hall–Kier alpha value is -0.690. The minimum atomic E-state index is -1.92. The summed E-state index contributed by atoms with van der Waals surface area (Å²) in [5, 5.41) is 30.3. The fraction of sp³-hybridized carbons (Fsp3) is 0.857. The van der Waals surface area contributed by atoms with Crippen molar-refractivity contribution in [2.45, 2.75) is 31.0 Å². The molecule has 0 bridgehead atoms. The molecular formula is C7H13NO5. The van der Waals surface area contributed by atoms with Gasteiger partial charge in [-0.05, 0) is 6.92 Å². The van der Waals surface area contributed by atoms with E-state index in [4.69, 9.17) is 9.84 Å². The Morgan fingerprint density at radius 3 is 2.77 bits per heavy atom. The van der Waals surface area contributed by atoms with Gasteiger partial charge in [-0.25, -0.2) is 0 Å². The Morgan fingerprint density at radius 2 is 2.23 bits per heavy atom. The third-order valence-corrected chi connectivity index (χ3v) is 2.24. The van der Waals surface area contributed by atoms with Crippen molar-refractivity contribution >= 4 is 6.41 Å². The monoisotopic (exact) mass is 191 g/mol. The van der Waals surface area contributed by atoms with E-state index in [-0.39, 0.29) is 13.0 Å². The van der Waals surface area contributed by atoms with E-state index in [1.54, 1.807) is 0 Å². The molecule has 1 fully saturated rings. The fourth-order valence-corrected chi connectivity index (χ4v) is 1.29. The summed E-state index contributed by atoms with van der Waals surface area (Å²) in [6.07, 6.45) is -3.16. The van der Waals surface area contributed by atoms with Crippen LogP contribution in [-0.4, -0.2) is 52.4 Å². The van der Waals surface area contributed by atoms with Crippen LogP contribution in [0.5, 0.6) is 0 Å². The van der Waals surface area contributed by atoms with Gasteiger partial charge in [0.25, 0.3) is 0 Å². The average Bonchev–Trinajstić information content (AvgIpc) is 2.10. The molecule has 1 aliphatic heterocycles. The van der Waals surface area contributed by atoms with Crippen molar-refractivity contribution in [3.63, 3.8) is 0 Å². The molecule has 4 atom stereocenters. The van der Waals surface area contributed by atoms with E-state index in [1.165, 1.54) is 6.92 Å². The number of aliphatic hydroxyl groups is 3. The molecule has 1 rings (SSSR count). The lowest BCUT2D eigenvalue weighted by atomic mass is 9.94. The lowest BCUT2D eigenvalue weighted by Crippen LogP contribution is -2.68. The molecule has 0 spiro atoms. The van der Waals surface area contributed by atoms with E-state index in [9.17, 15) is 15.0 Å². The van der Waals surface area contributed by atoms with Crippen LogP contribution in [0.2, 0.25) is 0 Å². The van der Waals surface area contributed by atoms with Crippen molar-refractivity contribution in [2.75, 3.05) is 6.61 Å². The summed E-state index contributed by atoms with van der Waals surface area (Å²) in [4.78, 5) is 10.2. The van der Waals surface area contributed by atoms with Gasteiger partial charge >= 0.3 is 0 Å². The average molecular weight is 191 g/mol. The van der Waals surface area contributed by atoms with Gasteiger partial charge in [-0.3, -0.25) is 4.79 Å². The second-order valence-electron chi connectivity index (χ2n) is 3.08. The number of aliphatic hydroxyl groups excluding tert-OH is 2. The molecule has 0 saturated carbocycles. The van der Waals surface area contributed by atoms with Crippen molar-refractivity contribution < 1.29 is 24.9 Å². The second kappa shape index (κ2) is 3.59. The molecule has 1 heterocycles. The zero-order valence-corrected chi connectivity index (χ0v) is 7.17. The molecular weight excluding hydrogens is 178 g/mol. The minimum absolute atomic E-state index is 0.0643. The number of rotatable bonds is 2. The Kier molecular flexibility index (Phi) is 2.87. The van der Waals surface area contributed by atoms with E-state index < -0.39 is 24.0 Å². The number of carbonyl (C=O) groups excluding carboxylic acids is 1. The maximum Gasteiger partial charge on any atom is 0.209 e. The molecule has 1 amide bonds. The summed E-state index contributed by atoms with van der Waals surface area (Å²) < 4.78 is 4.95. The molecule has 0 aromatic rings. The SMILES string of the molecule is C[C@H]1OC[C@@H](O)[C@@H](O)[C@@]1(O)NC=O. The van der Waals surface area contributed by atoms with Gasteiger partial charge in [-0.15, -0.1) is 0 Å². The summed E-state index contributed by atoms with van der Waals surface area (Å²) in [6.45, 7) is 1.43. The van der Waals surface area contributed by atoms with E-state index >= 15 is 0 Å². The number of carbonyl (C=O) groups is 1. The molecule has 6 heteroatoms. The van der Waals surface area contributed by atoms with Crippen molar-refractivity contribution in [1.29, 1.82) is 0 Å². The number of nitrogens with one attached hydrogen (secondary N) is 1. The van der Waals surface area contributed by atoms with Crippen LogP contribution in [0.1, 0.15) is 6.92 Å². The van der Waals surface area contributed by atoms with E-state index in [1.807, 2.05) is 5.32 Å². The molecule has 0 aromatic carbocycles. The van der Waals surface area contributed by atoms with E-state index in [2.05, 4.69) is 0 Å². The van der Waals surface area contributed by atoms with Gasteiger partial charge in [0.2, 0.25) is 6.41 Å². The van der Waals surface area contributed by atoms with Gasteiger partial charge in [0.05, 0.1) is 6.61 Å². The first kappa shape index (κ1) is 10.4. The van der Waals surface area contributed by atoms with Gasteiger partial charge < -0.3 is 25.4 Å². The quantitative estimate of drug-likeness (QED) is 0.287. The van der Waals surface area contributed by atoms with Crippen LogP contribution in [0.15, 0.2) is 0 Å². The van der Waals surface area contributed by atoms with Gasteiger partial charge in [-0.1, -0.05) is 0 Å². The zero-order valence-electron chi connectivity index (χ0n) is 7.17. The molecule has 4 N–H and O–H groups in total. The predicted molar refractivity (Wildman–Crippen MR) is 41.6 cm³/mol. The van der Waals surface area contributed by atoms with Gasteiger partial charge in [0, 0.05) is 0 Å². The summed E-state index contributed by atoms with van der Waals surface area (Å²) in [5.74, 6) is 0. The van der Waals surface area contributed by atoms with E-state index in [0.717, 1.165) is 0 Å². The first-order valence-electron chi connectivity index (χ1n) is 3.94. The van der Waals surface area contributed by atoms with Crippen LogP contribution in [-0.2, 0) is 9.53 Å². The standard InChI is InChI=1S/C7H13NO5/c1-4-7(12,8-3-9)6(11)5(10)2-13-4/h3-6,10-12H,2H2,1H3,(H,8,9)/t4-,5-,6-,7-/m1/s1. The predicted octanol–water partition coefficient (Wildman–Crippen LogP) is -2.44. The summed E-state index contributed by atoms with van der Waals surface area (Å²) in [6, 6.07) is 0. The fourth-order valence-electron chi connectivity index (χ4n) is 1.29. The largest absolute Gasteiger partial charge is 0.388 e. The highest BCUT2D eigenvalue weighted by molar-refractivity contribution is 5.48. The van der Waals surface area contributed by atoms with Gasteiger partial charge in [-0.2, -0.15) is 0 Å². The number of amides is 1. The van der Waals surface area contributed by atoms with Crippen LogP contribution in [0.25, 0.3) is 0 Å². The Balaban J connectivity index is 2.81. The number of ether oxygens (including phenoxy) is 1. The first-order chi connectivity index (χ1) is 6.02. The minimum Gasteiger partial charge on any atom is -0.388 e. The highest BCUT2D eigenvalue weighted by Gasteiger charge is 2.49. The molecule has 1 saturated heterocycles. The van der Waals surface area contributed by atoms with Crippen LogP contribution in [0, 0.1) is 0 Å². The van der Waals surface area contributed by atoms with Crippen molar-refractivity contribution in [2.24, 2.45) is 0 Å². The third-order valence-electron chi connectivity index (χ3n) is 2.24. The normalized spacial score (nSPS) is 45.7. The Morgan fingerprint density at radius 1 is 1.62 bits per heavy atom. The second-order valence-corrected chi connectivity index (χ2v) is 3.08. The molecule has 0 aliphatic carbocycles. The molecule has 6 nitrogen and oxygen atoms in total. The topological polar surface area (TPSA) is 99.0 Å². The summed E-state index contributed by atoms with van der Waals surface area (Å²) in [7, 11) is 0. The molecule has 76 valence electrons. The third kappa shape index (κ3) is 1.66. The van der Waals surface area contributed by atoms with Gasteiger partial charge in [0.15, 0.2) is 5.72 Å². The highest BCUT2D eigenvalue weighted by Crippen LogP contribution is 2.23. The van der Waals surface area contributed by atoms with Crippen molar-refractivity contribution in [3.8, 4) is 0 Å². The van der Waals surface area contributed by atoms with Crippen LogP contribution in [0.3, 0.4) is 0 Å². The number of hydrogen-bond donors (Lipinski definition) is 4. The maximum atomic E-state index is 10.2. The highest BCUT2D eigenvalue weighted by atomic mass is 16.5. The Bertz CT molecular complexity index is 199. The molecule has 0 unspecified atom stereocenters. The summed E-state index contributed by atoms with van der Waals surface area (Å²) >= 11 is 0. The maximum absolute atomic E-state index is 10.2. The lowest BCUT2D eigenvalue weighted by Gasteiger charge is -2.43. The Labute approximate surface area is 75.1 Å².